The third kappa shape index (κ3) is 3.79. The molecule has 0 amide bonds. The minimum atomic E-state index is 0.0578. The van der Waals surface area contributed by atoms with Crippen molar-refractivity contribution in [3.63, 3.8) is 0 Å². The zero-order valence-electron chi connectivity index (χ0n) is 10.1. The van der Waals surface area contributed by atoms with Gasteiger partial charge in [0.25, 0.3) is 5.56 Å². The van der Waals surface area contributed by atoms with Crippen LogP contribution < -0.4 is 11.3 Å². The maximum atomic E-state index is 11.5. The van der Waals surface area contributed by atoms with E-state index >= 15 is 0 Å². The van der Waals surface area contributed by atoms with Crippen molar-refractivity contribution in [1.29, 1.82) is 0 Å². The molecule has 90 valence electrons. The predicted molar refractivity (Wildman–Crippen MR) is 66.5 cm³/mol. The first-order valence-electron chi connectivity index (χ1n) is 5.71. The molecule has 1 atom stereocenters. The highest BCUT2D eigenvalue weighted by atomic mass is 16.1. The third-order valence-electron chi connectivity index (χ3n) is 2.93. The Morgan fingerprint density at radius 1 is 1.50 bits per heavy atom. The van der Waals surface area contributed by atoms with Crippen molar-refractivity contribution in [3.05, 3.63) is 34.7 Å². The Labute approximate surface area is 96.7 Å². The van der Waals surface area contributed by atoms with Gasteiger partial charge in [0.15, 0.2) is 0 Å². The van der Waals surface area contributed by atoms with Gasteiger partial charge in [0, 0.05) is 31.4 Å². The summed E-state index contributed by atoms with van der Waals surface area (Å²) in [6, 6.07) is 5.69. The van der Waals surface area contributed by atoms with E-state index in [0.29, 0.717) is 12.6 Å². The Balaban J connectivity index is 2.46. The summed E-state index contributed by atoms with van der Waals surface area (Å²) in [6.07, 6.45) is 2.81. The lowest BCUT2D eigenvalue weighted by molar-refractivity contribution is 0.238. The summed E-state index contributed by atoms with van der Waals surface area (Å²) in [7, 11) is 2.06. The Morgan fingerprint density at radius 2 is 2.25 bits per heavy atom. The lowest BCUT2D eigenvalue weighted by Gasteiger charge is -2.24. The summed E-state index contributed by atoms with van der Waals surface area (Å²) in [5.74, 6) is 0. The summed E-state index contributed by atoms with van der Waals surface area (Å²) in [5.41, 5.74) is 5.57. The standard InChI is InChI=1S/C12H21N3O/c1-11(6-7-13)14(2)9-10-15-8-4-3-5-12(15)16/h3-5,8,11H,6-7,9-10,13H2,1-2H3. The van der Waals surface area contributed by atoms with Crippen LogP contribution in [0.4, 0.5) is 0 Å². The first kappa shape index (κ1) is 12.9. The fraction of sp³-hybridized carbons (Fsp3) is 0.583. The van der Waals surface area contributed by atoms with Crippen LogP contribution in [0.3, 0.4) is 0 Å². The second kappa shape index (κ2) is 6.45. The third-order valence-corrected chi connectivity index (χ3v) is 2.93. The molecule has 16 heavy (non-hydrogen) atoms. The van der Waals surface area contributed by atoms with Crippen LogP contribution in [0, 0.1) is 0 Å². The summed E-state index contributed by atoms with van der Waals surface area (Å²) in [6.45, 7) is 4.45. The molecule has 1 heterocycles. The van der Waals surface area contributed by atoms with E-state index in [1.54, 1.807) is 16.7 Å². The van der Waals surface area contributed by atoms with Crippen molar-refractivity contribution in [2.24, 2.45) is 5.73 Å². The molecule has 0 spiro atoms. The molecule has 0 radical (unpaired) electrons. The fourth-order valence-electron chi connectivity index (χ4n) is 1.59. The molecule has 0 aliphatic carbocycles. The van der Waals surface area contributed by atoms with Crippen LogP contribution in [0.5, 0.6) is 0 Å². The van der Waals surface area contributed by atoms with Crippen molar-refractivity contribution in [2.45, 2.75) is 25.9 Å². The molecule has 0 saturated heterocycles. The van der Waals surface area contributed by atoms with Gasteiger partial charge < -0.3 is 15.2 Å². The van der Waals surface area contributed by atoms with Crippen LogP contribution >= 0.6 is 0 Å². The van der Waals surface area contributed by atoms with Crippen LogP contribution in [0.2, 0.25) is 0 Å². The van der Waals surface area contributed by atoms with Gasteiger partial charge in [-0.15, -0.1) is 0 Å². The topological polar surface area (TPSA) is 51.3 Å². The normalized spacial score (nSPS) is 13.0. The van der Waals surface area contributed by atoms with Gasteiger partial charge in [0.2, 0.25) is 0 Å². The van der Waals surface area contributed by atoms with E-state index in [2.05, 4.69) is 18.9 Å². The Morgan fingerprint density at radius 3 is 2.88 bits per heavy atom. The van der Waals surface area contributed by atoms with Crippen LogP contribution in [0.15, 0.2) is 29.2 Å². The van der Waals surface area contributed by atoms with Crippen LogP contribution in [-0.4, -0.2) is 35.6 Å². The quantitative estimate of drug-likeness (QED) is 0.765. The minimum absolute atomic E-state index is 0.0578. The van der Waals surface area contributed by atoms with Gasteiger partial charge in [-0.1, -0.05) is 6.07 Å². The number of pyridine rings is 1. The first-order chi connectivity index (χ1) is 7.65. The van der Waals surface area contributed by atoms with E-state index in [0.717, 1.165) is 19.5 Å². The number of nitrogens with two attached hydrogens (primary N) is 1. The second-order valence-corrected chi connectivity index (χ2v) is 4.14. The van der Waals surface area contributed by atoms with E-state index in [4.69, 9.17) is 5.73 Å². The molecule has 0 aliphatic heterocycles. The van der Waals surface area contributed by atoms with Gasteiger partial charge in [-0.25, -0.2) is 0 Å². The van der Waals surface area contributed by atoms with Crippen LogP contribution in [0.1, 0.15) is 13.3 Å². The smallest absolute Gasteiger partial charge is 0.250 e. The van der Waals surface area contributed by atoms with Crippen molar-refractivity contribution in [1.82, 2.24) is 9.47 Å². The lowest BCUT2D eigenvalue weighted by Crippen LogP contribution is -2.35. The van der Waals surface area contributed by atoms with E-state index < -0.39 is 0 Å². The van der Waals surface area contributed by atoms with Gasteiger partial charge >= 0.3 is 0 Å². The molecular formula is C12H21N3O. The molecule has 1 unspecified atom stereocenters. The number of likely N-dealkylation sites (N-methyl/N-ethyl adjacent to an activating group) is 1. The number of hydrogen-bond donors (Lipinski definition) is 1. The van der Waals surface area contributed by atoms with Gasteiger partial charge in [-0.2, -0.15) is 0 Å². The second-order valence-electron chi connectivity index (χ2n) is 4.14. The number of aromatic nitrogens is 1. The fourth-order valence-corrected chi connectivity index (χ4v) is 1.59. The summed E-state index contributed by atoms with van der Waals surface area (Å²) < 4.78 is 1.73. The van der Waals surface area contributed by atoms with Gasteiger partial charge in [-0.3, -0.25) is 4.79 Å². The predicted octanol–water partition coefficient (Wildman–Crippen LogP) is 0.517. The van der Waals surface area contributed by atoms with E-state index in [-0.39, 0.29) is 5.56 Å². The summed E-state index contributed by atoms with van der Waals surface area (Å²) in [4.78, 5) is 13.7. The Kier molecular flexibility index (Phi) is 5.22. The molecule has 1 aromatic heterocycles. The Bertz CT molecular complexity index is 361. The molecule has 0 bridgehead atoms. The molecule has 0 aromatic carbocycles. The van der Waals surface area contributed by atoms with Gasteiger partial charge in [0.1, 0.15) is 0 Å². The van der Waals surface area contributed by atoms with Crippen LogP contribution in [0.25, 0.3) is 0 Å². The van der Waals surface area contributed by atoms with Crippen molar-refractivity contribution in [2.75, 3.05) is 20.1 Å². The molecular weight excluding hydrogens is 202 g/mol. The maximum absolute atomic E-state index is 11.5. The molecule has 0 fully saturated rings. The minimum Gasteiger partial charge on any atom is -0.330 e. The highest BCUT2D eigenvalue weighted by Gasteiger charge is 2.07. The van der Waals surface area contributed by atoms with Crippen molar-refractivity contribution < 1.29 is 0 Å². The molecule has 1 rings (SSSR count). The molecule has 4 heteroatoms. The lowest BCUT2D eigenvalue weighted by atomic mass is 10.2. The molecule has 4 nitrogen and oxygen atoms in total. The van der Waals surface area contributed by atoms with E-state index in [1.165, 1.54) is 0 Å². The molecule has 1 aromatic rings. The SMILES string of the molecule is CC(CCN)N(C)CCn1ccccc1=O. The Hall–Kier alpha value is -1.13. The van der Waals surface area contributed by atoms with Crippen LogP contribution in [-0.2, 0) is 6.54 Å². The molecule has 2 N–H and O–H groups in total. The molecule has 0 aliphatic rings. The maximum Gasteiger partial charge on any atom is 0.250 e. The average Bonchev–Trinajstić information content (AvgIpc) is 2.28. The van der Waals surface area contributed by atoms with Gasteiger partial charge in [-0.05, 0) is 33.0 Å². The highest BCUT2D eigenvalue weighted by molar-refractivity contribution is 4.93. The number of nitrogens with zero attached hydrogens (tertiary/aromatic N) is 2. The molecule has 0 saturated carbocycles. The van der Waals surface area contributed by atoms with E-state index in [9.17, 15) is 4.79 Å². The van der Waals surface area contributed by atoms with Crippen molar-refractivity contribution in [3.8, 4) is 0 Å². The monoisotopic (exact) mass is 223 g/mol. The van der Waals surface area contributed by atoms with E-state index in [1.807, 2.05) is 12.3 Å². The number of hydrogen-bond acceptors (Lipinski definition) is 3. The van der Waals surface area contributed by atoms with Gasteiger partial charge in [0.05, 0.1) is 0 Å². The first-order valence-corrected chi connectivity index (χ1v) is 5.71. The highest BCUT2D eigenvalue weighted by Crippen LogP contribution is 1.99. The summed E-state index contributed by atoms with van der Waals surface area (Å²) in [5, 5.41) is 0. The zero-order chi connectivity index (χ0) is 12.0. The largest absolute Gasteiger partial charge is 0.330 e. The number of rotatable bonds is 6. The average molecular weight is 223 g/mol. The van der Waals surface area contributed by atoms with Crippen molar-refractivity contribution >= 4 is 0 Å². The summed E-state index contributed by atoms with van der Waals surface area (Å²) >= 11 is 0. The zero-order valence-corrected chi connectivity index (χ0v) is 10.1.